The van der Waals surface area contributed by atoms with E-state index in [1.54, 1.807) is 17.3 Å². The molecule has 1 unspecified atom stereocenters. The minimum absolute atomic E-state index is 0.0408. The summed E-state index contributed by atoms with van der Waals surface area (Å²) in [7, 11) is 0. The van der Waals surface area contributed by atoms with Crippen LogP contribution in [0.4, 0.5) is 10.5 Å². The second-order valence-electron chi connectivity index (χ2n) is 9.36. The van der Waals surface area contributed by atoms with Gasteiger partial charge in [0.25, 0.3) is 0 Å². The third-order valence-electron chi connectivity index (χ3n) is 6.84. The molecule has 0 bridgehead atoms. The maximum atomic E-state index is 13.2. The maximum absolute atomic E-state index is 13.2. The molecular weight excluding hydrogens is 458 g/mol. The van der Waals surface area contributed by atoms with E-state index in [9.17, 15) is 14.4 Å². The number of nitrogens with one attached hydrogen (secondary N) is 2. The van der Waals surface area contributed by atoms with Gasteiger partial charge in [-0.25, -0.2) is 4.79 Å². The number of benzene rings is 1. The molecule has 2 aliphatic heterocycles. The molecule has 1 aromatic heterocycles. The van der Waals surface area contributed by atoms with Crippen LogP contribution in [0.1, 0.15) is 37.7 Å². The summed E-state index contributed by atoms with van der Waals surface area (Å²) in [6.07, 6.45) is 7.30. The van der Waals surface area contributed by atoms with E-state index in [-0.39, 0.29) is 30.9 Å². The van der Waals surface area contributed by atoms with E-state index >= 15 is 0 Å². The van der Waals surface area contributed by atoms with E-state index in [4.69, 9.17) is 4.74 Å². The lowest BCUT2D eigenvalue weighted by molar-refractivity contribution is -0.134. The molecule has 9 heteroatoms. The van der Waals surface area contributed by atoms with Gasteiger partial charge in [0.1, 0.15) is 12.6 Å². The van der Waals surface area contributed by atoms with Crippen molar-refractivity contribution in [1.29, 1.82) is 0 Å². The summed E-state index contributed by atoms with van der Waals surface area (Å²) in [5, 5.41) is 5.61. The molecule has 36 heavy (non-hydrogen) atoms. The molecule has 1 aromatic carbocycles. The minimum Gasteiger partial charge on any atom is -0.445 e. The summed E-state index contributed by atoms with van der Waals surface area (Å²) in [6, 6.07) is 12.4. The Kier molecular flexibility index (Phi) is 9.13. The Labute approximate surface area is 212 Å². The highest BCUT2D eigenvalue weighted by Gasteiger charge is 2.30. The molecule has 2 aromatic rings. The summed E-state index contributed by atoms with van der Waals surface area (Å²) in [4.78, 5) is 46.7. The van der Waals surface area contributed by atoms with Crippen molar-refractivity contribution in [1.82, 2.24) is 20.5 Å². The first-order chi connectivity index (χ1) is 17.6. The Bertz CT molecular complexity index is 990. The van der Waals surface area contributed by atoms with Crippen LogP contribution in [-0.4, -0.2) is 66.6 Å². The van der Waals surface area contributed by atoms with Crippen molar-refractivity contribution in [3.63, 3.8) is 0 Å². The number of hydrogen-bond acceptors (Lipinski definition) is 6. The summed E-state index contributed by atoms with van der Waals surface area (Å²) in [5.74, 6) is -0.390. The van der Waals surface area contributed by atoms with Crippen molar-refractivity contribution < 1.29 is 19.1 Å². The van der Waals surface area contributed by atoms with Gasteiger partial charge in [0.05, 0.1) is 0 Å². The monoisotopic (exact) mass is 493 g/mol. The van der Waals surface area contributed by atoms with Crippen LogP contribution < -0.4 is 15.5 Å². The number of hydrogen-bond donors (Lipinski definition) is 2. The highest BCUT2D eigenvalue weighted by Crippen LogP contribution is 2.22. The Morgan fingerprint density at radius 1 is 0.944 bits per heavy atom. The molecular formula is C27H35N5O4. The van der Waals surface area contributed by atoms with Crippen molar-refractivity contribution in [2.75, 3.05) is 37.6 Å². The average molecular weight is 494 g/mol. The van der Waals surface area contributed by atoms with Crippen LogP contribution in [0, 0.1) is 5.92 Å². The zero-order chi connectivity index (χ0) is 25.2. The number of aromatic nitrogens is 1. The summed E-state index contributed by atoms with van der Waals surface area (Å²) in [6.45, 7) is 3.04. The van der Waals surface area contributed by atoms with Gasteiger partial charge in [-0.2, -0.15) is 0 Å². The fourth-order valence-corrected chi connectivity index (χ4v) is 4.74. The number of carbonyl (C=O) groups is 3. The molecule has 3 heterocycles. The summed E-state index contributed by atoms with van der Waals surface area (Å²) < 4.78 is 5.33. The number of piperidine rings is 2. The molecule has 2 saturated heterocycles. The molecule has 3 amide bonds. The van der Waals surface area contributed by atoms with Gasteiger partial charge in [-0.3, -0.25) is 14.6 Å². The zero-order valence-corrected chi connectivity index (χ0v) is 20.6. The highest BCUT2D eigenvalue weighted by atomic mass is 16.5. The molecule has 0 radical (unpaired) electrons. The molecule has 2 aliphatic rings. The van der Waals surface area contributed by atoms with Gasteiger partial charge in [-0.05, 0) is 49.8 Å². The van der Waals surface area contributed by atoms with Crippen molar-refractivity contribution in [3.05, 3.63) is 60.4 Å². The summed E-state index contributed by atoms with van der Waals surface area (Å²) in [5.41, 5.74) is 1.97. The molecule has 9 nitrogen and oxygen atoms in total. The topological polar surface area (TPSA) is 104 Å². The second kappa shape index (κ2) is 12.9. The van der Waals surface area contributed by atoms with Gasteiger partial charge in [-0.15, -0.1) is 0 Å². The predicted molar refractivity (Wildman–Crippen MR) is 136 cm³/mol. The number of amides is 3. The smallest absolute Gasteiger partial charge is 0.408 e. The van der Waals surface area contributed by atoms with E-state index in [0.717, 1.165) is 56.4 Å². The van der Waals surface area contributed by atoms with Crippen LogP contribution in [0.3, 0.4) is 0 Å². The van der Waals surface area contributed by atoms with Crippen molar-refractivity contribution in [2.45, 2.75) is 44.8 Å². The molecule has 1 atom stereocenters. The van der Waals surface area contributed by atoms with Gasteiger partial charge in [0, 0.05) is 56.7 Å². The Balaban J connectivity index is 1.30. The SMILES string of the molecule is O=C(NC(CNC(=O)C1CCN(c2ccncc2)CC1)C(=O)N1CCCCC1)OCc1ccccc1. The number of anilines is 1. The number of rotatable bonds is 8. The molecule has 192 valence electrons. The van der Waals surface area contributed by atoms with E-state index in [1.165, 1.54) is 0 Å². The van der Waals surface area contributed by atoms with Crippen molar-refractivity contribution in [3.8, 4) is 0 Å². The lowest BCUT2D eigenvalue weighted by Crippen LogP contribution is -2.55. The quantitative estimate of drug-likeness (QED) is 0.586. The van der Waals surface area contributed by atoms with Crippen molar-refractivity contribution in [2.24, 2.45) is 5.92 Å². The van der Waals surface area contributed by atoms with Gasteiger partial charge >= 0.3 is 6.09 Å². The van der Waals surface area contributed by atoms with Crippen LogP contribution in [0.5, 0.6) is 0 Å². The van der Waals surface area contributed by atoms with E-state index < -0.39 is 12.1 Å². The van der Waals surface area contributed by atoms with Gasteiger partial charge < -0.3 is 25.2 Å². The van der Waals surface area contributed by atoms with Gasteiger partial charge in [0.15, 0.2) is 0 Å². The highest BCUT2D eigenvalue weighted by molar-refractivity contribution is 5.87. The zero-order valence-electron chi connectivity index (χ0n) is 20.6. The Morgan fingerprint density at radius 3 is 2.33 bits per heavy atom. The van der Waals surface area contributed by atoms with Crippen molar-refractivity contribution >= 4 is 23.6 Å². The van der Waals surface area contributed by atoms with Crippen LogP contribution in [-0.2, 0) is 20.9 Å². The Morgan fingerprint density at radius 2 is 1.64 bits per heavy atom. The first-order valence-corrected chi connectivity index (χ1v) is 12.8. The third-order valence-corrected chi connectivity index (χ3v) is 6.84. The molecule has 2 N–H and O–H groups in total. The standard InChI is InChI=1S/C27H35N5O4/c33-25(22-11-17-31(18-12-22)23-9-13-28-14-10-23)29-19-24(26(34)32-15-5-2-6-16-32)30-27(35)36-20-21-7-3-1-4-8-21/h1,3-4,7-10,13-14,22,24H,2,5-6,11-12,15-20H2,(H,29,33)(H,30,35). The molecule has 2 fully saturated rings. The van der Waals surface area contributed by atoms with Gasteiger partial charge in [-0.1, -0.05) is 30.3 Å². The number of likely N-dealkylation sites (tertiary alicyclic amines) is 1. The lowest BCUT2D eigenvalue weighted by Gasteiger charge is -2.33. The number of nitrogens with zero attached hydrogens (tertiary/aromatic N) is 3. The van der Waals surface area contributed by atoms with E-state index in [1.807, 2.05) is 42.5 Å². The predicted octanol–water partition coefficient (Wildman–Crippen LogP) is 2.72. The largest absolute Gasteiger partial charge is 0.445 e. The van der Waals surface area contributed by atoms with Crippen LogP contribution in [0.15, 0.2) is 54.9 Å². The molecule has 0 aliphatic carbocycles. The average Bonchev–Trinajstić information content (AvgIpc) is 2.95. The van der Waals surface area contributed by atoms with Crippen LogP contribution in [0.2, 0.25) is 0 Å². The lowest BCUT2D eigenvalue weighted by atomic mass is 9.95. The normalized spacial score (nSPS) is 17.2. The first kappa shape index (κ1) is 25.5. The fraction of sp³-hybridized carbons (Fsp3) is 0.481. The second-order valence-corrected chi connectivity index (χ2v) is 9.36. The van der Waals surface area contributed by atoms with Gasteiger partial charge in [0.2, 0.25) is 11.8 Å². The van der Waals surface area contributed by atoms with Crippen LogP contribution >= 0.6 is 0 Å². The first-order valence-electron chi connectivity index (χ1n) is 12.8. The number of ether oxygens (including phenoxy) is 1. The molecule has 0 saturated carbocycles. The van der Waals surface area contributed by atoms with E-state index in [0.29, 0.717) is 13.1 Å². The minimum atomic E-state index is -0.868. The maximum Gasteiger partial charge on any atom is 0.408 e. The number of alkyl carbamates (subject to hydrolysis) is 1. The molecule has 0 spiro atoms. The summed E-state index contributed by atoms with van der Waals surface area (Å²) >= 11 is 0. The van der Waals surface area contributed by atoms with Crippen LogP contribution in [0.25, 0.3) is 0 Å². The number of pyridine rings is 1. The van der Waals surface area contributed by atoms with E-state index in [2.05, 4.69) is 20.5 Å². The molecule has 4 rings (SSSR count). The third kappa shape index (κ3) is 7.19. The fourth-order valence-electron chi connectivity index (χ4n) is 4.74. The number of carbonyl (C=O) groups excluding carboxylic acids is 3. The Hall–Kier alpha value is -3.62.